The van der Waals surface area contributed by atoms with E-state index in [1.807, 2.05) is 223 Å². The molecule has 6 N–H and O–H groups in total. The van der Waals surface area contributed by atoms with E-state index < -0.39 is 11.7 Å². The summed E-state index contributed by atoms with van der Waals surface area (Å²) in [5.74, 6) is 1.64. The Morgan fingerprint density at radius 2 is 0.828 bits per heavy atom. The van der Waals surface area contributed by atoms with Gasteiger partial charge in [0.25, 0.3) is 16.7 Å². The lowest BCUT2D eigenvalue weighted by Crippen LogP contribution is -2.26. The summed E-state index contributed by atoms with van der Waals surface area (Å²) in [7, 11) is 3.01. The molecule has 12 heterocycles. The molecule has 18 rings (SSSR count). The van der Waals surface area contributed by atoms with Crippen molar-refractivity contribution in [3.63, 3.8) is 0 Å². The van der Waals surface area contributed by atoms with E-state index in [4.69, 9.17) is 15.2 Å². The van der Waals surface area contributed by atoms with E-state index in [0.717, 1.165) is 77.8 Å². The summed E-state index contributed by atoms with van der Waals surface area (Å²) in [4.78, 5) is 110. The van der Waals surface area contributed by atoms with Gasteiger partial charge in [0.2, 0.25) is 5.95 Å². The minimum Gasteiger partial charge on any atom is -0.467 e. The molecule has 0 amide bonds. The molecule has 0 saturated heterocycles. The lowest BCUT2D eigenvalue weighted by molar-refractivity contribution is 0.380. The van der Waals surface area contributed by atoms with Crippen LogP contribution in [0.2, 0.25) is 0 Å². The van der Waals surface area contributed by atoms with Crippen molar-refractivity contribution in [3.8, 4) is 62.5 Å². The fourth-order valence-electron chi connectivity index (χ4n) is 14.5. The highest BCUT2D eigenvalue weighted by Gasteiger charge is 2.25. The molecule has 26 nitrogen and oxygen atoms in total. The zero-order valence-electron chi connectivity index (χ0n) is 63.9. The van der Waals surface area contributed by atoms with E-state index in [1.165, 1.54) is 14.2 Å². The van der Waals surface area contributed by atoms with Crippen LogP contribution in [0.4, 0.5) is 23.4 Å². The average molecular weight is 1530 g/mol. The van der Waals surface area contributed by atoms with Crippen LogP contribution >= 0.6 is 0 Å². The van der Waals surface area contributed by atoms with Gasteiger partial charge in [-0.2, -0.15) is 9.97 Å². The van der Waals surface area contributed by atoms with Crippen LogP contribution in [0, 0.1) is 13.8 Å². The number of anilines is 4. The molecule has 26 heteroatoms. The smallest absolute Gasteiger partial charge is 0.347 e. The Labute approximate surface area is 662 Å². The van der Waals surface area contributed by atoms with E-state index in [2.05, 4.69) is 86.8 Å². The molecule has 18 aromatic rings. The summed E-state index contributed by atoms with van der Waals surface area (Å²) in [6.45, 7) is 9.89. The number of hydrogen-bond acceptors (Lipinski definition) is 22. The maximum absolute atomic E-state index is 14.4. The molecule has 0 fully saturated rings. The second-order valence-electron chi connectivity index (χ2n) is 27.5. The second-order valence-corrected chi connectivity index (χ2v) is 27.5. The SMILES string of the molecule is COc1ncc(-c2cccc3cc([C@H](C)Nc4nc(=O)[nH]c5cccnc45)n(-c4ccccc4)c(=O)c23)cn1.COc1ncc(-c2cccc3cc([C@H](C)Nc4nc(N)nc5cccnc45)n(-c4cccc(C)c4)c(=O)c23)cn1.Cc1cc(-c2cccc3cc([C@H](C)Nc4nccc5cccnc45)n(-c4ccccc4)c(=O)c23)ccn1. The minimum atomic E-state index is -0.490. The van der Waals surface area contributed by atoms with Gasteiger partial charge in [0.05, 0.1) is 59.5 Å². The highest BCUT2D eigenvalue weighted by Crippen LogP contribution is 2.36. The Hall–Kier alpha value is -15.6. The molecule has 0 aliphatic carbocycles. The maximum atomic E-state index is 14.4. The number of rotatable bonds is 17. The molecule has 0 saturated carbocycles. The number of nitrogens with two attached hydrogens (primary N) is 1. The van der Waals surface area contributed by atoms with Crippen LogP contribution in [-0.4, -0.2) is 92.7 Å². The van der Waals surface area contributed by atoms with Gasteiger partial charge in [0, 0.05) is 112 Å². The third kappa shape index (κ3) is 15.0. The molecule has 0 spiro atoms. The number of methoxy groups -OCH3 is 2. The molecule has 0 aliphatic heterocycles. The van der Waals surface area contributed by atoms with E-state index in [9.17, 15) is 19.2 Å². The monoisotopic (exact) mass is 1530 g/mol. The van der Waals surface area contributed by atoms with E-state index >= 15 is 0 Å². The number of nitrogen functional groups attached to an aromatic ring is 1. The number of benzene rings is 6. The Balaban J connectivity index is 0.000000131. The Bertz CT molecular complexity index is 7010. The van der Waals surface area contributed by atoms with Crippen molar-refractivity contribution >= 4 is 88.7 Å². The van der Waals surface area contributed by atoms with Crippen molar-refractivity contribution in [1.29, 1.82) is 0 Å². The highest BCUT2D eigenvalue weighted by molar-refractivity contribution is 5.99. The number of aromatic amines is 1. The molecule has 0 unspecified atom stereocenters. The zero-order valence-corrected chi connectivity index (χ0v) is 63.9. The van der Waals surface area contributed by atoms with Crippen molar-refractivity contribution in [3.05, 3.63) is 338 Å². The second kappa shape index (κ2) is 32.4. The summed E-state index contributed by atoms with van der Waals surface area (Å²) >= 11 is 0. The van der Waals surface area contributed by atoms with Gasteiger partial charge >= 0.3 is 17.7 Å². The predicted octanol–water partition coefficient (Wildman–Crippen LogP) is 15.6. The molecule has 116 heavy (non-hydrogen) atoms. The molecule has 12 aromatic heterocycles. The Morgan fingerprint density at radius 1 is 0.379 bits per heavy atom. The normalized spacial score (nSPS) is 12.0. The van der Waals surface area contributed by atoms with E-state index in [0.29, 0.717) is 83.8 Å². The van der Waals surface area contributed by atoms with Crippen molar-refractivity contribution < 1.29 is 9.47 Å². The first-order valence-corrected chi connectivity index (χ1v) is 37.2. The van der Waals surface area contributed by atoms with Crippen molar-refractivity contribution in [2.24, 2.45) is 0 Å². The van der Waals surface area contributed by atoms with Gasteiger partial charge in [-0.05, 0) is 182 Å². The third-order valence-electron chi connectivity index (χ3n) is 19.8. The molecule has 0 aliphatic rings. The number of pyridine rings is 8. The molecule has 0 bridgehead atoms. The molecule has 3 atom stereocenters. The summed E-state index contributed by atoms with van der Waals surface area (Å²) in [6, 6.07) is 67.0. The van der Waals surface area contributed by atoms with Crippen molar-refractivity contribution in [2.75, 3.05) is 35.9 Å². The standard InChI is InChI=1S/C31H25N5O.C30H26N8O2.C29H23N7O3/c1-20-18-23(14-16-32-20)26-12-6-8-24-19-27(36(31(37)28(24)26)25-10-4-3-5-11-25)21(2)35-30-29-22(13-17-34-30)9-7-15-33-29;1-17-7-4-9-21(13-17)38-24(18(2)35-27-26-23(11-6-12-32-26)36-29(31)37-27)14-19-8-5-10-22(25(19)28(38)39)20-15-33-30(40-3)34-16-20;1-17(33-26-25-22(12-7-13-30-25)34-28(38)35-26)23-14-18-8-6-11-21(19-15-31-29(39-2)32-16-19)24(18)27(37)36(23)20-9-4-3-5-10-20/h3-19,21H,1-2H3,(H,34,35);4-16,18H,1-3H3,(H3,31,35,36,37);3-17H,1-2H3,(H2,33,34,35,38)/t21-;18-;17-/m000/s1. The number of aryl methyl sites for hydroxylation is 2. The first-order valence-electron chi connectivity index (χ1n) is 37.2. The van der Waals surface area contributed by atoms with Gasteiger partial charge in [0.15, 0.2) is 17.5 Å². The number of nitrogens with zero attached hydrogens (tertiary/aromatic N) is 15. The fourth-order valence-corrected chi connectivity index (χ4v) is 14.5. The van der Waals surface area contributed by atoms with E-state index in [-0.39, 0.29) is 46.7 Å². The number of fused-ring (bicyclic) bond motifs is 6. The first kappa shape index (κ1) is 74.5. The van der Waals surface area contributed by atoms with Crippen LogP contribution in [0.1, 0.15) is 67.2 Å². The number of aromatic nitrogens is 16. The Morgan fingerprint density at radius 3 is 1.35 bits per heavy atom. The summed E-state index contributed by atoms with van der Waals surface area (Å²) in [6.07, 6.45) is 15.2. The quantitative estimate of drug-likeness (QED) is 0.0565. The number of hydrogen-bond donors (Lipinski definition) is 5. The van der Waals surface area contributed by atoms with Crippen LogP contribution in [0.5, 0.6) is 12.0 Å². The van der Waals surface area contributed by atoms with Gasteiger partial charge in [0.1, 0.15) is 16.6 Å². The number of ether oxygens (including phenoxy) is 2. The van der Waals surface area contributed by atoms with E-state index in [1.54, 1.807) is 87.7 Å². The molecule has 6 aromatic carbocycles. The highest BCUT2D eigenvalue weighted by atomic mass is 16.5. The third-order valence-corrected chi connectivity index (χ3v) is 19.8. The molecule has 0 radical (unpaired) electrons. The zero-order chi connectivity index (χ0) is 80.1. The number of nitrogens with one attached hydrogen (secondary N) is 4. The molecular weight excluding hydrogens is 1460 g/mol. The first-order chi connectivity index (χ1) is 56.5. The molecular formula is C90H74N20O6. The van der Waals surface area contributed by atoms with Gasteiger partial charge in [-0.3, -0.25) is 48.0 Å². The van der Waals surface area contributed by atoms with Crippen molar-refractivity contribution in [1.82, 2.24) is 78.5 Å². The lowest BCUT2D eigenvalue weighted by Gasteiger charge is -2.22. The van der Waals surface area contributed by atoms with Crippen LogP contribution < -0.4 is 53.5 Å². The summed E-state index contributed by atoms with van der Waals surface area (Å²) in [5, 5.41) is 15.5. The summed E-state index contributed by atoms with van der Waals surface area (Å²) in [5.41, 5.74) is 19.4. The van der Waals surface area contributed by atoms with Crippen LogP contribution in [0.25, 0.3) is 116 Å². The van der Waals surface area contributed by atoms with Gasteiger partial charge < -0.3 is 36.1 Å². The topological polar surface area (TPSA) is 334 Å². The number of H-pyrrole nitrogens is 1. The lowest BCUT2D eigenvalue weighted by atomic mass is 9.98. The molecule has 570 valence electrons. The number of para-hydroxylation sites is 2. The maximum Gasteiger partial charge on any atom is 0.347 e. The summed E-state index contributed by atoms with van der Waals surface area (Å²) < 4.78 is 15.4. The fraction of sp³-hybridized carbons (Fsp3) is 0.111. The minimum absolute atomic E-state index is 0.0681. The van der Waals surface area contributed by atoms with Crippen LogP contribution in [0.15, 0.2) is 287 Å². The van der Waals surface area contributed by atoms with Gasteiger partial charge in [-0.25, -0.2) is 34.7 Å². The largest absolute Gasteiger partial charge is 0.467 e. The predicted molar refractivity (Wildman–Crippen MR) is 454 cm³/mol. The van der Waals surface area contributed by atoms with Crippen molar-refractivity contribution in [2.45, 2.75) is 52.7 Å². The van der Waals surface area contributed by atoms with Crippen LogP contribution in [0.3, 0.4) is 0 Å². The average Bonchev–Trinajstić information content (AvgIpc) is 0.756. The Kier molecular flexibility index (Phi) is 20.8. The van der Waals surface area contributed by atoms with Gasteiger partial charge in [-0.1, -0.05) is 109 Å². The van der Waals surface area contributed by atoms with Gasteiger partial charge in [-0.15, -0.1) is 0 Å². The van der Waals surface area contributed by atoms with Crippen LogP contribution in [-0.2, 0) is 0 Å².